The Morgan fingerprint density at radius 3 is 2.38 bits per heavy atom. The Kier molecular flexibility index (Phi) is 3.69. The lowest BCUT2D eigenvalue weighted by atomic mass is 10.3. The standard InChI is InChI=1S/C3H8NO3P/c5-1-2(4-8)3(6)7/h2,4-5H,1,8H2,(H,6,7)/t2-/m0/s1. The van der Waals surface area contributed by atoms with Crippen LogP contribution in [0.2, 0.25) is 0 Å². The first-order chi connectivity index (χ1) is 3.72. The molecule has 5 heteroatoms. The largest absolute Gasteiger partial charge is 0.480 e. The van der Waals surface area contributed by atoms with Gasteiger partial charge in [0.05, 0.1) is 6.61 Å². The van der Waals surface area contributed by atoms with Gasteiger partial charge in [-0.15, -0.1) is 0 Å². The van der Waals surface area contributed by atoms with Crippen LogP contribution in [0.15, 0.2) is 0 Å². The van der Waals surface area contributed by atoms with Gasteiger partial charge in [0, 0.05) is 0 Å². The molecule has 0 aromatic heterocycles. The predicted molar refractivity (Wildman–Crippen MR) is 31.4 cm³/mol. The van der Waals surface area contributed by atoms with Crippen molar-refractivity contribution in [3.05, 3.63) is 0 Å². The number of carbonyl (C=O) groups is 1. The fourth-order valence-corrected chi connectivity index (χ4v) is 0.450. The van der Waals surface area contributed by atoms with Crippen LogP contribution in [0.3, 0.4) is 0 Å². The Morgan fingerprint density at radius 2 is 2.38 bits per heavy atom. The third-order valence-electron chi connectivity index (χ3n) is 0.682. The molecular weight excluding hydrogens is 129 g/mol. The molecule has 0 aliphatic carbocycles. The van der Waals surface area contributed by atoms with E-state index in [1.54, 1.807) is 0 Å². The maximum absolute atomic E-state index is 9.93. The highest BCUT2D eigenvalue weighted by molar-refractivity contribution is 7.13. The molecule has 0 saturated heterocycles. The van der Waals surface area contributed by atoms with Crippen LogP contribution in [0.25, 0.3) is 0 Å². The molecule has 0 aliphatic heterocycles. The normalized spacial score (nSPS) is 13.2. The zero-order valence-corrected chi connectivity index (χ0v) is 5.32. The van der Waals surface area contributed by atoms with Crippen molar-refractivity contribution in [1.82, 2.24) is 5.09 Å². The molecule has 2 atom stereocenters. The zero-order chi connectivity index (χ0) is 6.57. The molecule has 0 amide bonds. The summed E-state index contributed by atoms with van der Waals surface area (Å²) in [6, 6.07) is -0.861. The lowest BCUT2D eigenvalue weighted by Gasteiger charge is -2.04. The van der Waals surface area contributed by atoms with Crippen molar-refractivity contribution in [2.75, 3.05) is 6.61 Å². The number of hydrogen-bond acceptors (Lipinski definition) is 3. The van der Waals surface area contributed by atoms with Crippen LogP contribution in [-0.4, -0.2) is 28.8 Å². The molecule has 0 spiro atoms. The number of carboxylic acid groups (broad SMARTS) is 1. The number of aliphatic hydroxyl groups is 1. The molecule has 48 valence electrons. The summed E-state index contributed by atoms with van der Waals surface area (Å²) in [5.74, 6) is -1.05. The van der Waals surface area contributed by atoms with E-state index in [2.05, 4.69) is 5.09 Å². The molecule has 0 aromatic carbocycles. The van der Waals surface area contributed by atoms with E-state index in [0.717, 1.165) is 0 Å². The maximum Gasteiger partial charge on any atom is 0.323 e. The van der Waals surface area contributed by atoms with Gasteiger partial charge in [-0.3, -0.25) is 9.88 Å². The van der Waals surface area contributed by atoms with E-state index in [9.17, 15) is 4.79 Å². The van der Waals surface area contributed by atoms with Gasteiger partial charge in [-0.05, 0) is 0 Å². The molecule has 0 saturated carbocycles. The fourth-order valence-electron chi connectivity index (χ4n) is 0.202. The Bertz CT molecular complexity index is 82.6. The van der Waals surface area contributed by atoms with Gasteiger partial charge in [0.1, 0.15) is 6.04 Å². The molecule has 0 bridgehead atoms. The van der Waals surface area contributed by atoms with Gasteiger partial charge >= 0.3 is 5.97 Å². The van der Waals surface area contributed by atoms with Crippen LogP contribution in [0.1, 0.15) is 0 Å². The lowest BCUT2D eigenvalue weighted by molar-refractivity contribution is -0.139. The van der Waals surface area contributed by atoms with E-state index >= 15 is 0 Å². The smallest absolute Gasteiger partial charge is 0.323 e. The minimum Gasteiger partial charge on any atom is -0.480 e. The molecule has 1 unspecified atom stereocenters. The number of aliphatic hydroxyl groups excluding tert-OH is 1. The fraction of sp³-hybridized carbons (Fsp3) is 0.667. The highest BCUT2D eigenvalue weighted by Crippen LogP contribution is 1.83. The van der Waals surface area contributed by atoms with Crippen LogP contribution in [0.4, 0.5) is 0 Å². The number of aliphatic carboxylic acids is 1. The second-order valence-electron chi connectivity index (χ2n) is 1.24. The van der Waals surface area contributed by atoms with Gasteiger partial charge in [-0.25, -0.2) is 0 Å². The summed E-state index contributed by atoms with van der Waals surface area (Å²) in [6.45, 7) is -0.390. The molecule has 8 heavy (non-hydrogen) atoms. The van der Waals surface area contributed by atoms with Crippen molar-refractivity contribution in [1.29, 1.82) is 0 Å². The predicted octanol–water partition coefficient (Wildman–Crippen LogP) is -1.19. The van der Waals surface area contributed by atoms with Crippen molar-refractivity contribution >= 4 is 15.4 Å². The van der Waals surface area contributed by atoms with Crippen molar-refractivity contribution < 1.29 is 15.0 Å². The average Bonchev–Trinajstić information content (AvgIpc) is 1.69. The lowest BCUT2D eigenvalue weighted by Crippen LogP contribution is -2.33. The molecule has 3 N–H and O–H groups in total. The molecular formula is C3H8NO3P. The van der Waals surface area contributed by atoms with Gasteiger partial charge in [0.25, 0.3) is 0 Å². The van der Waals surface area contributed by atoms with Gasteiger partial charge in [-0.2, -0.15) is 0 Å². The summed E-state index contributed by atoms with van der Waals surface area (Å²) >= 11 is 0. The summed E-state index contributed by atoms with van der Waals surface area (Å²) in [4.78, 5) is 9.93. The van der Waals surface area contributed by atoms with Crippen molar-refractivity contribution in [3.8, 4) is 0 Å². The highest BCUT2D eigenvalue weighted by atomic mass is 31.0. The quantitative estimate of drug-likeness (QED) is 0.428. The van der Waals surface area contributed by atoms with Gasteiger partial charge in [-0.1, -0.05) is 9.39 Å². The molecule has 0 aromatic rings. The van der Waals surface area contributed by atoms with Crippen molar-refractivity contribution in [2.45, 2.75) is 6.04 Å². The zero-order valence-electron chi connectivity index (χ0n) is 4.16. The van der Waals surface area contributed by atoms with Crippen molar-refractivity contribution in [3.63, 3.8) is 0 Å². The summed E-state index contributed by atoms with van der Waals surface area (Å²) in [5, 5.41) is 18.7. The number of hydrogen-bond donors (Lipinski definition) is 3. The van der Waals surface area contributed by atoms with E-state index in [4.69, 9.17) is 10.2 Å². The molecule has 0 rings (SSSR count). The highest BCUT2D eigenvalue weighted by Gasteiger charge is 2.11. The molecule has 0 radical (unpaired) electrons. The van der Waals surface area contributed by atoms with Crippen molar-refractivity contribution in [2.24, 2.45) is 0 Å². The van der Waals surface area contributed by atoms with Crippen LogP contribution >= 0.6 is 9.39 Å². The van der Waals surface area contributed by atoms with Gasteiger partial charge < -0.3 is 10.2 Å². The first kappa shape index (κ1) is 7.82. The van der Waals surface area contributed by atoms with E-state index < -0.39 is 18.6 Å². The third-order valence-corrected chi connectivity index (χ3v) is 1.08. The molecule has 4 nitrogen and oxygen atoms in total. The van der Waals surface area contributed by atoms with E-state index in [-0.39, 0.29) is 0 Å². The summed E-state index contributed by atoms with van der Waals surface area (Å²) in [6.07, 6.45) is 0. The summed E-state index contributed by atoms with van der Waals surface area (Å²) < 4.78 is 0. The Balaban J connectivity index is 3.52. The van der Waals surface area contributed by atoms with Crippen LogP contribution in [0.5, 0.6) is 0 Å². The SMILES string of the molecule is O=C(O)[C@H](CO)NP. The van der Waals surface area contributed by atoms with Crippen LogP contribution in [0, 0.1) is 0 Å². The Morgan fingerprint density at radius 1 is 1.88 bits per heavy atom. The second kappa shape index (κ2) is 3.78. The number of nitrogens with one attached hydrogen (secondary N) is 1. The minimum absolute atomic E-state index is 0.390. The first-order valence-corrected chi connectivity index (χ1v) is 2.60. The number of rotatable bonds is 3. The minimum atomic E-state index is -1.05. The van der Waals surface area contributed by atoms with Gasteiger partial charge in [0.2, 0.25) is 0 Å². The Labute approximate surface area is 49.2 Å². The number of carboxylic acids is 1. The van der Waals surface area contributed by atoms with E-state index in [1.807, 2.05) is 9.39 Å². The van der Waals surface area contributed by atoms with E-state index in [1.165, 1.54) is 0 Å². The Hall–Kier alpha value is -0.180. The monoisotopic (exact) mass is 137 g/mol. The van der Waals surface area contributed by atoms with Gasteiger partial charge in [0.15, 0.2) is 0 Å². The summed E-state index contributed by atoms with van der Waals surface area (Å²) in [5.41, 5.74) is 0. The topological polar surface area (TPSA) is 69.6 Å². The van der Waals surface area contributed by atoms with E-state index in [0.29, 0.717) is 0 Å². The second-order valence-corrected chi connectivity index (χ2v) is 1.57. The molecule has 0 fully saturated rings. The van der Waals surface area contributed by atoms with Crippen LogP contribution < -0.4 is 5.09 Å². The molecule has 0 aliphatic rings. The average molecular weight is 137 g/mol. The summed E-state index contributed by atoms with van der Waals surface area (Å²) in [7, 11) is 2.02. The third kappa shape index (κ3) is 2.21. The molecule has 0 heterocycles. The maximum atomic E-state index is 9.93. The van der Waals surface area contributed by atoms with Crippen LogP contribution in [-0.2, 0) is 4.79 Å². The first-order valence-electron chi connectivity index (χ1n) is 2.02.